The molecule has 2 atom stereocenters. The molecule has 1 aliphatic heterocycles. The first-order valence-electron chi connectivity index (χ1n) is 6.01. The second kappa shape index (κ2) is 4.51. The fourth-order valence-corrected chi connectivity index (χ4v) is 2.42. The highest BCUT2D eigenvalue weighted by molar-refractivity contribution is 5.78. The van der Waals surface area contributed by atoms with Gasteiger partial charge in [0.1, 0.15) is 11.9 Å². The van der Waals surface area contributed by atoms with Gasteiger partial charge in [-0.15, -0.1) is 0 Å². The molecule has 0 radical (unpaired) electrons. The number of anilines is 1. The molecule has 19 heavy (non-hydrogen) atoms. The molecular formula is C12H14N4O3. The molecule has 100 valence electrons. The Bertz CT molecular complexity index is 612. The first-order chi connectivity index (χ1) is 9.19. The lowest BCUT2D eigenvalue weighted by molar-refractivity contribution is -0.138. The van der Waals surface area contributed by atoms with Crippen molar-refractivity contribution in [3.8, 4) is 0 Å². The largest absolute Gasteiger partial charge is 0.480 e. The zero-order valence-electron chi connectivity index (χ0n) is 10.4. The summed E-state index contributed by atoms with van der Waals surface area (Å²) in [4.78, 5) is 17.5. The molecule has 0 bridgehead atoms. The fraction of sp³-hybridized carbons (Fsp3) is 0.417. The number of fused-ring (bicyclic) bond motifs is 1. The molecule has 0 aromatic carbocycles. The molecule has 0 spiro atoms. The van der Waals surface area contributed by atoms with Crippen LogP contribution in [0.25, 0.3) is 5.65 Å². The predicted molar refractivity (Wildman–Crippen MR) is 67.2 cm³/mol. The molecule has 1 fully saturated rings. The maximum atomic E-state index is 11.3. The summed E-state index contributed by atoms with van der Waals surface area (Å²) in [6.45, 7) is 0.533. The maximum Gasteiger partial charge on any atom is 0.326 e. The number of aliphatic carboxylic acids is 1. The zero-order chi connectivity index (χ0) is 13.4. The van der Waals surface area contributed by atoms with Crippen LogP contribution in [0.4, 0.5) is 5.82 Å². The molecule has 1 saturated heterocycles. The molecule has 0 aliphatic carbocycles. The van der Waals surface area contributed by atoms with E-state index in [0.29, 0.717) is 24.4 Å². The summed E-state index contributed by atoms with van der Waals surface area (Å²) >= 11 is 0. The number of methoxy groups -OCH3 is 1. The molecule has 0 saturated carbocycles. The molecule has 3 heterocycles. The van der Waals surface area contributed by atoms with Gasteiger partial charge in [0, 0.05) is 32.3 Å². The Morgan fingerprint density at radius 2 is 2.37 bits per heavy atom. The Morgan fingerprint density at radius 3 is 3.11 bits per heavy atom. The van der Waals surface area contributed by atoms with E-state index in [2.05, 4.69) is 10.1 Å². The van der Waals surface area contributed by atoms with Gasteiger partial charge in [-0.25, -0.2) is 14.3 Å². The van der Waals surface area contributed by atoms with Gasteiger partial charge in [0.25, 0.3) is 0 Å². The highest BCUT2D eigenvalue weighted by Crippen LogP contribution is 2.26. The van der Waals surface area contributed by atoms with Gasteiger partial charge in [-0.3, -0.25) is 0 Å². The van der Waals surface area contributed by atoms with Crippen molar-refractivity contribution in [2.45, 2.75) is 18.6 Å². The lowest BCUT2D eigenvalue weighted by Gasteiger charge is -2.22. The van der Waals surface area contributed by atoms with Crippen LogP contribution in [0, 0.1) is 0 Å². The number of aromatic nitrogens is 3. The molecule has 3 rings (SSSR count). The summed E-state index contributed by atoms with van der Waals surface area (Å²) in [5.74, 6) is -0.213. The van der Waals surface area contributed by atoms with Crippen LogP contribution in [0.3, 0.4) is 0 Å². The van der Waals surface area contributed by atoms with E-state index in [0.717, 1.165) is 0 Å². The standard InChI is InChI=1S/C12H14N4O3/c1-19-8-6-9(12(17)18)15(7-8)10-3-5-16-11(14-10)2-4-13-16/h2-5,8-9H,6-7H2,1H3,(H,17,18). The summed E-state index contributed by atoms with van der Waals surface area (Å²) in [5.41, 5.74) is 0.697. The highest BCUT2D eigenvalue weighted by Gasteiger charge is 2.37. The van der Waals surface area contributed by atoms with E-state index in [1.54, 1.807) is 41.1 Å². The topological polar surface area (TPSA) is 80.0 Å². The normalized spacial score (nSPS) is 23.1. The lowest BCUT2D eigenvalue weighted by Crippen LogP contribution is -2.36. The van der Waals surface area contributed by atoms with Gasteiger partial charge in [-0.05, 0) is 6.07 Å². The molecule has 2 aromatic heterocycles. The van der Waals surface area contributed by atoms with Crippen molar-refractivity contribution in [3.63, 3.8) is 0 Å². The van der Waals surface area contributed by atoms with Crippen LogP contribution in [0.5, 0.6) is 0 Å². The van der Waals surface area contributed by atoms with E-state index in [-0.39, 0.29) is 6.10 Å². The van der Waals surface area contributed by atoms with Gasteiger partial charge in [-0.1, -0.05) is 0 Å². The van der Waals surface area contributed by atoms with E-state index < -0.39 is 12.0 Å². The predicted octanol–water partition coefficient (Wildman–Crippen LogP) is 0.408. The molecule has 7 heteroatoms. The summed E-state index contributed by atoms with van der Waals surface area (Å²) in [6.07, 6.45) is 3.82. The number of carbonyl (C=O) groups is 1. The Labute approximate surface area is 109 Å². The van der Waals surface area contributed by atoms with E-state index in [1.807, 2.05) is 0 Å². The first-order valence-corrected chi connectivity index (χ1v) is 6.01. The number of hydrogen-bond acceptors (Lipinski definition) is 5. The number of carboxylic acid groups (broad SMARTS) is 1. The average molecular weight is 262 g/mol. The zero-order valence-corrected chi connectivity index (χ0v) is 10.4. The van der Waals surface area contributed by atoms with Crippen molar-refractivity contribution < 1.29 is 14.6 Å². The van der Waals surface area contributed by atoms with Crippen LogP contribution in [-0.2, 0) is 9.53 Å². The SMILES string of the molecule is COC1CC(C(=O)O)N(c2ccn3nccc3n2)C1. The Hall–Kier alpha value is -2.15. The Morgan fingerprint density at radius 1 is 1.53 bits per heavy atom. The van der Waals surface area contributed by atoms with Crippen LogP contribution >= 0.6 is 0 Å². The molecule has 1 N–H and O–H groups in total. The third kappa shape index (κ3) is 2.01. The second-order valence-corrected chi connectivity index (χ2v) is 4.52. The van der Waals surface area contributed by atoms with Gasteiger partial charge in [-0.2, -0.15) is 5.10 Å². The minimum Gasteiger partial charge on any atom is -0.480 e. The molecule has 7 nitrogen and oxygen atoms in total. The van der Waals surface area contributed by atoms with E-state index in [9.17, 15) is 9.90 Å². The summed E-state index contributed by atoms with van der Waals surface area (Å²) in [5, 5.41) is 13.4. The summed E-state index contributed by atoms with van der Waals surface area (Å²) < 4.78 is 6.91. The minimum atomic E-state index is -0.852. The quantitative estimate of drug-likeness (QED) is 0.863. The Kier molecular flexibility index (Phi) is 2.83. The first kappa shape index (κ1) is 11.9. The number of ether oxygens (including phenoxy) is 1. The monoisotopic (exact) mass is 262 g/mol. The summed E-state index contributed by atoms with van der Waals surface area (Å²) in [6, 6.07) is 2.96. The molecule has 1 aliphatic rings. The van der Waals surface area contributed by atoms with Gasteiger partial charge in [0.05, 0.1) is 12.3 Å². The molecule has 2 aromatic rings. The number of carboxylic acids is 1. The average Bonchev–Trinajstić information content (AvgIpc) is 3.04. The number of nitrogens with zero attached hydrogens (tertiary/aromatic N) is 4. The van der Waals surface area contributed by atoms with Crippen molar-refractivity contribution in [3.05, 3.63) is 24.5 Å². The van der Waals surface area contributed by atoms with Crippen molar-refractivity contribution in [1.29, 1.82) is 0 Å². The van der Waals surface area contributed by atoms with Crippen molar-refractivity contribution in [2.24, 2.45) is 0 Å². The van der Waals surface area contributed by atoms with Gasteiger partial charge in [0.2, 0.25) is 0 Å². The van der Waals surface area contributed by atoms with Crippen LogP contribution in [0.2, 0.25) is 0 Å². The Balaban J connectivity index is 1.96. The van der Waals surface area contributed by atoms with Gasteiger partial charge < -0.3 is 14.7 Å². The smallest absolute Gasteiger partial charge is 0.326 e. The lowest BCUT2D eigenvalue weighted by atomic mass is 10.2. The molecule has 2 unspecified atom stereocenters. The molecule has 0 amide bonds. The summed E-state index contributed by atoms with van der Waals surface area (Å²) in [7, 11) is 1.60. The fourth-order valence-electron chi connectivity index (χ4n) is 2.42. The van der Waals surface area contributed by atoms with Crippen molar-refractivity contribution in [2.75, 3.05) is 18.6 Å². The molecular weight excluding hydrogens is 248 g/mol. The van der Waals surface area contributed by atoms with Crippen molar-refractivity contribution >= 4 is 17.4 Å². The van der Waals surface area contributed by atoms with Gasteiger partial charge in [0.15, 0.2) is 5.65 Å². The van der Waals surface area contributed by atoms with Crippen LogP contribution in [0.15, 0.2) is 24.5 Å². The number of hydrogen-bond donors (Lipinski definition) is 1. The van der Waals surface area contributed by atoms with E-state index >= 15 is 0 Å². The highest BCUT2D eigenvalue weighted by atomic mass is 16.5. The van der Waals surface area contributed by atoms with Crippen LogP contribution < -0.4 is 4.90 Å². The van der Waals surface area contributed by atoms with E-state index in [4.69, 9.17) is 4.74 Å². The second-order valence-electron chi connectivity index (χ2n) is 4.52. The van der Waals surface area contributed by atoms with Gasteiger partial charge >= 0.3 is 5.97 Å². The van der Waals surface area contributed by atoms with Crippen molar-refractivity contribution in [1.82, 2.24) is 14.6 Å². The maximum absolute atomic E-state index is 11.3. The van der Waals surface area contributed by atoms with E-state index in [1.165, 1.54) is 0 Å². The third-order valence-electron chi connectivity index (χ3n) is 3.42. The van der Waals surface area contributed by atoms with Crippen LogP contribution in [-0.4, -0.2) is 51.5 Å². The third-order valence-corrected chi connectivity index (χ3v) is 3.42. The van der Waals surface area contributed by atoms with Crippen LogP contribution in [0.1, 0.15) is 6.42 Å². The number of rotatable bonds is 3. The minimum absolute atomic E-state index is 0.0796.